The average Bonchev–Trinajstić information content (AvgIpc) is 2.65. The van der Waals surface area contributed by atoms with E-state index in [0.29, 0.717) is 36.3 Å². The van der Waals surface area contributed by atoms with Crippen LogP contribution in [-0.4, -0.2) is 30.5 Å². The predicted octanol–water partition coefficient (Wildman–Crippen LogP) is 2.81. The molecule has 1 saturated carbocycles. The SMILES string of the molecule is N#Cc1nccnc1OC1CCC(NS(=O)(=O)Cc2ccc(Cl)cc2)CC1. The van der Waals surface area contributed by atoms with E-state index >= 15 is 0 Å². The molecule has 1 aromatic carbocycles. The molecule has 3 rings (SSSR count). The summed E-state index contributed by atoms with van der Waals surface area (Å²) in [5.74, 6) is 0.151. The zero-order valence-electron chi connectivity index (χ0n) is 14.5. The Morgan fingerprint density at radius 3 is 2.48 bits per heavy atom. The van der Waals surface area contributed by atoms with Crippen LogP contribution in [0.1, 0.15) is 36.9 Å². The number of aromatic nitrogens is 2. The molecule has 9 heteroatoms. The molecule has 0 atom stereocenters. The highest BCUT2D eigenvalue weighted by atomic mass is 35.5. The van der Waals surface area contributed by atoms with Crippen molar-refractivity contribution < 1.29 is 13.2 Å². The topological polar surface area (TPSA) is 105 Å². The number of benzene rings is 1. The molecule has 7 nitrogen and oxygen atoms in total. The standard InChI is InChI=1S/C18H19ClN4O3S/c19-14-3-1-13(2-4-14)12-27(24,25)23-15-5-7-16(8-6-15)26-18-17(11-20)21-9-10-22-18/h1-4,9-10,15-16,23H,5-8,12H2. The van der Waals surface area contributed by atoms with Crippen molar-refractivity contribution in [2.24, 2.45) is 0 Å². The number of ether oxygens (including phenoxy) is 1. The molecule has 1 aliphatic rings. The van der Waals surface area contributed by atoms with Gasteiger partial charge in [-0.3, -0.25) is 0 Å². The van der Waals surface area contributed by atoms with Crippen LogP contribution in [0.15, 0.2) is 36.7 Å². The Hall–Kier alpha value is -2.21. The van der Waals surface area contributed by atoms with Crippen molar-refractivity contribution in [3.63, 3.8) is 0 Å². The number of sulfonamides is 1. The van der Waals surface area contributed by atoms with Crippen molar-refractivity contribution in [1.82, 2.24) is 14.7 Å². The Kier molecular flexibility index (Phi) is 6.26. The highest BCUT2D eigenvalue weighted by molar-refractivity contribution is 7.88. The summed E-state index contributed by atoms with van der Waals surface area (Å²) in [6.07, 6.45) is 5.49. The fourth-order valence-electron chi connectivity index (χ4n) is 3.04. The van der Waals surface area contributed by atoms with Gasteiger partial charge in [-0.05, 0) is 43.4 Å². The quantitative estimate of drug-likeness (QED) is 0.790. The summed E-state index contributed by atoms with van der Waals surface area (Å²) in [5.41, 5.74) is 0.846. The van der Waals surface area contributed by atoms with Crippen LogP contribution in [0.2, 0.25) is 5.02 Å². The summed E-state index contributed by atoms with van der Waals surface area (Å²) in [6.45, 7) is 0. The maximum atomic E-state index is 12.4. The van der Waals surface area contributed by atoms with Gasteiger partial charge in [0, 0.05) is 23.5 Å². The predicted molar refractivity (Wildman–Crippen MR) is 101 cm³/mol. The van der Waals surface area contributed by atoms with Gasteiger partial charge < -0.3 is 4.74 Å². The molecule has 0 spiro atoms. The minimum absolute atomic E-state index is 0.0776. The molecule has 27 heavy (non-hydrogen) atoms. The maximum Gasteiger partial charge on any atom is 0.251 e. The fraction of sp³-hybridized carbons (Fsp3) is 0.389. The minimum Gasteiger partial charge on any atom is -0.472 e. The number of nitriles is 1. The fourth-order valence-corrected chi connectivity index (χ4v) is 4.62. The molecule has 1 heterocycles. The van der Waals surface area contributed by atoms with Gasteiger partial charge in [0.15, 0.2) is 0 Å². The summed E-state index contributed by atoms with van der Waals surface area (Å²) in [5, 5.41) is 9.61. The van der Waals surface area contributed by atoms with E-state index in [9.17, 15) is 8.42 Å². The lowest BCUT2D eigenvalue weighted by atomic mass is 9.94. The molecule has 0 bridgehead atoms. The minimum atomic E-state index is -3.43. The van der Waals surface area contributed by atoms with E-state index in [1.165, 1.54) is 12.4 Å². The number of nitrogens with zero attached hydrogens (tertiary/aromatic N) is 3. The molecule has 1 aliphatic carbocycles. The molecule has 0 aliphatic heterocycles. The van der Waals surface area contributed by atoms with Gasteiger partial charge in [0.05, 0.1) is 5.75 Å². The first-order valence-electron chi connectivity index (χ1n) is 8.57. The first kappa shape index (κ1) is 19.5. The molecule has 0 radical (unpaired) electrons. The van der Waals surface area contributed by atoms with Gasteiger partial charge in [0.1, 0.15) is 12.2 Å². The summed E-state index contributed by atoms with van der Waals surface area (Å²) < 4.78 is 33.3. The van der Waals surface area contributed by atoms with Gasteiger partial charge in [-0.25, -0.2) is 23.1 Å². The molecular weight excluding hydrogens is 388 g/mol. The van der Waals surface area contributed by atoms with Gasteiger partial charge in [0.25, 0.3) is 5.88 Å². The highest BCUT2D eigenvalue weighted by Gasteiger charge is 2.26. The van der Waals surface area contributed by atoms with Crippen LogP contribution in [0.4, 0.5) is 0 Å². The monoisotopic (exact) mass is 406 g/mol. The first-order valence-corrected chi connectivity index (χ1v) is 10.6. The Bertz CT molecular complexity index is 920. The lowest BCUT2D eigenvalue weighted by Crippen LogP contribution is -2.40. The first-order chi connectivity index (χ1) is 12.9. The number of halogens is 1. The molecule has 1 fully saturated rings. The van der Waals surface area contributed by atoms with Crippen molar-refractivity contribution in [3.8, 4) is 11.9 Å². The van der Waals surface area contributed by atoms with Gasteiger partial charge >= 0.3 is 0 Å². The van der Waals surface area contributed by atoms with Crippen molar-refractivity contribution >= 4 is 21.6 Å². The zero-order valence-corrected chi connectivity index (χ0v) is 16.1. The normalized spacial score (nSPS) is 20.0. The number of rotatable bonds is 6. The Morgan fingerprint density at radius 2 is 1.81 bits per heavy atom. The lowest BCUT2D eigenvalue weighted by molar-refractivity contribution is 0.137. The average molecular weight is 407 g/mol. The lowest BCUT2D eigenvalue weighted by Gasteiger charge is -2.29. The van der Waals surface area contributed by atoms with Crippen LogP contribution in [0.3, 0.4) is 0 Å². The number of hydrogen-bond acceptors (Lipinski definition) is 6. The Balaban J connectivity index is 1.51. The van der Waals surface area contributed by atoms with E-state index in [4.69, 9.17) is 21.6 Å². The van der Waals surface area contributed by atoms with Crippen LogP contribution >= 0.6 is 11.6 Å². The van der Waals surface area contributed by atoms with Gasteiger partial charge in [-0.15, -0.1) is 0 Å². The Morgan fingerprint density at radius 1 is 1.15 bits per heavy atom. The van der Waals surface area contributed by atoms with E-state index in [1.54, 1.807) is 24.3 Å². The largest absolute Gasteiger partial charge is 0.472 e. The van der Waals surface area contributed by atoms with Crippen molar-refractivity contribution in [2.75, 3.05) is 0 Å². The number of hydrogen-bond donors (Lipinski definition) is 1. The van der Waals surface area contributed by atoms with E-state index in [2.05, 4.69) is 14.7 Å². The summed E-state index contributed by atoms with van der Waals surface area (Å²) in [4.78, 5) is 7.97. The van der Waals surface area contributed by atoms with Crippen LogP contribution in [0.5, 0.6) is 5.88 Å². The van der Waals surface area contributed by atoms with Gasteiger partial charge in [-0.2, -0.15) is 5.26 Å². The van der Waals surface area contributed by atoms with E-state index in [-0.39, 0.29) is 29.5 Å². The molecule has 0 unspecified atom stereocenters. The molecule has 2 aromatic rings. The molecule has 1 N–H and O–H groups in total. The second kappa shape index (κ2) is 8.65. The van der Waals surface area contributed by atoms with Crippen molar-refractivity contribution in [3.05, 3.63) is 52.9 Å². The van der Waals surface area contributed by atoms with Crippen molar-refractivity contribution in [1.29, 1.82) is 5.26 Å². The third-order valence-electron chi connectivity index (χ3n) is 4.34. The second-order valence-corrected chi connectivity index (χ2v) is 8.61. The molecule has 1 aromatic heterocycles. The molecule has 0 saturated heterocycles. The molecule has 0 amide bonds. The summed E-state index contributed by atoms with van der Waals surface area (Å²) >= 11 is 5.83. The smallest absolute Gasteiger partial charge is 0.251 e. The summed E-state index contributed by atoms with van der Waals surface area (Å²) in [7, 11) is -3.43. The van der Waals surface area contributed by atoms with Crippen LogP contribution in [0, 0.1) is 11.3 Å². The van der Waals surface area contributed by atoms with Crippen LogP contribution < -0.4 is 9.46 Å². The van der Waals surface area contributed by atoms with Crippen molar-refractivity contribution in [2.45, 2.75) is 43.6 Å². The third kappa shape index (κ3) is 5.63. The van der Waals surface area contributed by atoms with E-state index in [1.807, 2.05) is 6.07 Å². The second-order valence-electron chi connectivity index (χ2n) is 6.42. The van der Waals surface area contributed by atoms with E-state index in [0.717, 1.165) is 0 Å². The maximum absolute atomic E-state index is 12.4. The van der Waals surface area contributed by atoms with Crippen LogP contribution in [0.25, 0.3) is 0 Å². The van der Waals surface area contributed by atoms with Gasteiger partial charge in [-0.1, -0.05) is 23.7 Å². The Labute approximate surface area is 163 Å². The molecule has 142 valence electrons. The third-order valence-corrected chi connectivity index (χ3v) is 6.00. The van der Waals surface area contributed by atoms with Crippen LogP contribution in [-0.2, 0) is 15.8 Å². The molecular formula is C18H19ClN4O3S. The zero-order chi connectivity index (χ0) is 19.3. The number of nitrogens with one attached hydrogen (secondary N) is 1. The highest BCUT2D eigenvalue weighted by Crippen LogP contribution is 2.24. The van der Waals surface area contributed by atoms with E-state index < -0.39 is 10.0 Å². The van der Waals surface area contributed by atoms with Gasteiger partial charge in [0.2, 0.25) is 15.7 Å². The summed E-state index contributed by atoms with van der Waals surface area (Å²) in [6, 6.07) is 8.60.